The first kappa shape index (κ1) is 35.9. The van der Waals surface area contributed by atoms with Gasteiger partial charge in [0.05, 0.1) is 5.69 Å². The molecule has 0 aliphatic heterocycles. The second kappa shape index (κ2) is 16.7. The van der Waals surface area contributed by atoms with E-state index in [0.717, 1.165) is 11.3 Å². The molecule has 9 heteroatoms. The van der Waals surface area contributed by atoms with Gasteiger partial charge in [0.2, 0.25) is 0 Å². The number of fused-ring (bicyclic) bond motifs is 6. The number of carbonyl (C=O) groups is 1. The van der Waals surface area contributed by atoms with Crippen LogP contribution in [-0.2, 0) is 9.68 Å². The van der Waals surface area contributed by atoms with Crippen molar-refractivity contribution in [3.63, 3.8) is 0 Å². The van der Waals surface area contributed by atoms with Gasteiger partial charge in [0.1, 0.15) is 0 Å². The number of carbonyl (C=O) groups excluding carboxylic acids is 1. The zero-order valence-corrected chi connectivity index (χ0v) is 32.7. The molecular formula is C33H26ClK2NO3S2. The van der Waals surface area contributed by atoms with E-state index in [0.29, 0.717) is 5.02 Å². The number of hydrogen-bond acceptors (Lipinski definition) is 6. The maximum absolute atomic E-state index is 8.64. The van der Waals surface area contributed by atoms with Crippen molar-refractivity contribution in [3.05, 3.63) is 111 Å². The Morgan fingerprint density at radius 1 is 0.762 bits per heavy atom. The molecule has 0 aliphatic rings. The summed E-state index contributed by atoms with van der Waals surface area (Å²) in [5, 5.41) is 17.1. The first-order chi connectivity index (χ1) is 19.4. The molecule has 0 radical (unpaired) electrons. The molecule has 202 valence electrons. The minimum Gasteiger partial charge on any atom is -1.00 e. The van der Waals surface area contributed by atoms with Crippen molar-refractivity contribution in [3.8, 4) is 11.3 Å². The van der Waals surface area contributed by atoms with Gasteiger partial charge in [-0.1, -0.05) is 66.2 Å². The van der Waals surface area contributed by atoms with Gasteiger partial charge < -0.3 is 11.6 Å². The predicted octanol–water partition coefficient (Wildman–Crippen LogP) is 3.30. The van der Waals surface area contributed by atoms with Gasteiger partial charge in [-0.15, -0.1) is 22.7 Å². The Balaban J connectivity index is 0.000000260. The quantitative estimate of drug-likeness (QED) is 0.124. The van der Waals surface area contributed by atoms with Gasteiger partial charge in [-0.3, -0.25) is 9.78 Å². The molecule has 7 rings (SSSR count). The van der Waals surface area contributed by atoms with E-state index in [1.165, 1.54) is 57.0 Å². The number of halogens is 1. The van der Waals surface area contributed by atoms with Crippen LogP contribution in [0.25, 0.3) is 53.0 Å². The van der Waals surface area contributed by atoms with Crippen LogP contribution in [0.4, 0.5) is 0 Å². The topological polar surface area (TPSA) is 62.2 Å². The Kier molecular flexibility index (Phi) is 14.3. The van der Waals surface area contributed by atoms with E-state index in [2.05, 4.69) is 103 Å². The van der Waals surface area contributed by atoms with Crippen molar-refractivity contribution in [1.29, 1.82) is 0 Å². The molecule has 3 aromatic heterocycles. The van der Waals surface area contributed by atoms with Crippen molar-refractivity contribution in [2.45, 2.75) is 20.8 Å². The van der Waals surface area contributed by atoms with Gasteiger partial charge in [-0.05, 0) is 83.6 Å². The summed E-state index contributed by atoms with van der Waals surface area (Å²) in [7, 11) is 0. The molecule has 42 heavy (non-hydrogen) atoms. The first-order valence-corrected chi connectivity index (χ1v) is 14.5. The number of pyridine rings is 1. The van der Waals surface area contributed by atoms with Gasteiger partial charge in [0.15, 0.2) is 0 Å². The standard InChI is InChI=1S/C18H12ClNS.C14H12S.CH2O3.2K.H/c1-11-8-16-15(17-10-13(19)6-7-20-17)9-12-4-2-3-5-14(12)18(16)21-11;1-9-7-11-5-3-4-6-12(11)14-13(9)8-10(2)15-14;2-1-4-3;;;/h2-10H,1H3;3-8H,1-2H3;1,3H;;;/q;;;2*+1;-1/p-1. The fourth-order valence-electron chi connectivity index (χ4n) is 4.89. The van der Waals surface area contributed by atoms with Gasteiger partial charge in [-0.2, -0.15) is 0 Å². The van der Waals surface area contributed by atoms with Crippen molar-refractivity contribution >= 4 is 82.5 Å². The molecule has 0 atom stereocenters. The third-order valence-electron chi connectivity index (χ3n) is 6.55. The second-order valence-electron chi connectivity index (χ2n) is 9.31. The maximum atomic E-state index is 8.64. The van der Waals surface area contributed by atoms with Crippen molar-refractivity contribution in [2.24, 2.45) is 0 Å². The summed E-state index contributed by atoms with van der Waals surface area (Å²) >= 11 is 9.86. The van der Waals surface area contributed by atoms with E-state index in [4.69, 9.17) is 21.7 Å². The van der Waals surface area contributed by atoms with Gasteiger partial charge in [0, 0.05) is 41.3 Å². The Bertz CT molecular complexity index is 1990. The smallest absolute Gasteiger partial charge is 1.00 e. The largest absolute Gasteiger partial charge is 1.00 e. The molecule has 3 heterocycles. The molecule has 0 saturated heterocycles. The van der Waals surface area contributed by atoms with E-state index in [-0.39, 0.29) is 111 Å². The minimum absolute atomic E-state index is 0. The van der Waals surface area contributed by atoms with Crippen LogP contribution in [0.1, 0.15) is 16.7 Å². The van der Waals surface area contributed by atoms with Crippen LogP contribution in [-0.4, -0.2) is 11.5 Å². The Hall–Kier alpha value is -0.537. The summed E-state index contributed by atoms with van der Waals surface area (Å²) in [4.78, 5) is 18.4. The van der Waals surface area contributed by atoms with Gasteiger partial charge in [-0.25, -0.2) is 0 Å². The van der Waals surface area contributed by atoms with Crippen LogP contribution < -0.4 is 108 Å². The van der Waals surface area contributed by atoms with E-state index in [1.54, 1.807) is 6.20 Å². The number of thiophene rings is 2. The van der Waals surface area contributed by atoms with E-state index in [1.807, 2.05) is 34.8 Å². The van der Waals surface area contributed by atoms with E-state index >= 15 is 0 Å². The third kappa shape index (κ3) is 8.18. The summed E-state index contributed by atoms with van der Waals surface area (Å²) < 4.78 is 2.76. The van der Waals surface area contributed by atoms with Crippen LogP contribution in [0.15, 0.2) is 91.1 Å². The fraction of sp³-hybridized carbons (Fsp3) is 0.0909. The van der Waals surface area contributed by atoms with E-state index in [9.17, 15) is 0 Å². The zero-order valence-electron chi connectivity index (χ0n) is 25.1. The molecule has 0 fully saturated rings. The predicted molar refractivity (Wildman–Crippen MR) is 169 cm³/mol. The molecule has 4 nitrogen and oxygen atoms in total. The fourth-order valence-corrected chi connectivity index (χ4v) is 7.25. The maximum Gasteiger partial charge on any atom is 1.00 e. The molecule has 0 amide bonds. The average molecular weight is 662 g/mol. The van der Waals surface area contributed by atoms with E-state index < -0.39 is 0 Å². The Morgan fingerprint density at radius 3 is 1.86 bits per heavy atom. The number of rotatable bonds is 2. The van der Waals surface area contributed by atoms with Crippen LogP contribution in [0.3, 0.4) is 0 Å². The second-order valence-corrected chi connectivity index (χ2v) is 12.3. The average Bonchev–Trinajstić information content (AvgIpc) is 3.56. The van der Waals surface area contributed by atoms with Crippen molar-refractivity contribution in [2.75, 3.05) is 0 Å². The third-order valence-corrected chi connectivity index (χ3v) is 8.95. The number of nitrogens with zero attached hydrogens (tertiary/aromatic N) is 1. The molecule has 0 N–H and O–H groups in total. The molecule has 0 spiro atoms. The molecular weight excluding hydrogens is 636 g/mol. The molecule has 0 aliphatic carbocycles. The zero-order chi connectivity index (χ0) is 28.2. The number of hydrogen-bond donors (Lipinski definition) is 0. The van der Waals surface area contributed by atoms with Crippen LogP contribution >= 0.6 is 34.3 Å². The van der Waals surface area contributed by atoms with Gasteiger partial charge in [0.25, 0.3) is 6.47 Å². The summed E-state index contributed by atoms with van der Waals surface area (Å²) in [6, 6.07) is 29.9. The summed E-state index contributed by atoms with van der Waals surface area (Å²) in [6.07, 6.45) is 1.76. The van der Waals surface area contributed by atoms with Crippen LogP contribution in [0, 0.1) is 20.8 Å². The normalized spacial score (nSPS) is 10.2. The molecule has 0 unspecified atom stereocenters. The Morgan fingerprint density at radius 2 is 1.29 bits per heavy atom. The Labute approximate surface area is 344 Å². The summed E-state index contributed by atoms with van der Waals surface area (Å²) in [5.74, 6) is 0. The van der Waals surface area contributed by atoms with Crippen molar-refractivity contribution < 1.29 is 119 Å². The van der Waals surface area contributed by atoms with Crippen LogP contribution in [0.2, 0.25) is 5.02 Å². The molecule has 7 aromatic rings. The van der Waals surface area contributed by atoms with Crippen LogP contribution in [0.5, 0.6) is 0 Å². The monoisotopic (exact) mass is 661 g/mol. The SMILES string of the molecule is Cc1cc2c(-c3cc(Cl)ccn3)cc3ccccc3c2s1.Cc1cc2c(C)cc3ccccc3c2s1.O=CO[O-].[H-].[K+].[K+]. The molecule has 0 saturated carbocycles. The number of aryl methyl sites for hydroxylation is 3. The number of aromatic nitrogens is 1. The molecule has 0 bridgehead atoms. The minimum atomic E-state index is -0.181. The first-order valence-electron chi connectivity index (χ1n) is 12.5. The number of benzene rings is 4. The van der Waals surface area contributed by atoms with Crippen molar-refractivity contribution in [1.82, 2.24) is 4.98 Å². The summed E-state index contributed by atoms with van der Waals surface area (Å²) in [6.45, 7) is 6.34. The summed E-state index contributed by atoms with van der Waals surface area (Å²) in [5.41, 5.74) is 3.46. The van der Waals surface area contributed by atoms with Gasteiger partial charge >= 0.3 is 103 Å². The molecule has 4 aromatic carbocycles.